The molecule has 0 radical (unpaired) electrons. The maximum Gasteiger partial charge on any atom is 0.415 e. The lowest BCUT2D eigenvalue weighted by Gasteiger charge is -2.23. The summed E-state index contributed by atoms with van der Waals surface area (Å²) in [4.78, 5) is 23.4. The van der Waals surface area contributed by atoms with E-state index in [-0.39, 0.29) is 0 Å². The lowest BCUT2D eigenvalue weighted by molar-refractivity contribution is 0.0340. The van der Waals surface area contributed by atoms with E-state index in [2.05, 4.69) is 0 Å². The fourth-order valence-electron chi connectivity index (χ4n) is 1.30. The third-order valence-corrected chi connectivity index (χ3v) is 1.85. The van der Waals surface area contributed by atoms with E-state index < -0.39 is 11.7 Å². The second kappa shape index (κ2) is 3.84. The zero-order valence-corrected chi connectivity index (χ0v) is 8.79. The van der Waals surface area contributed by atoms with Gasteiger partial charge in [-0.05, 0) is 27.2 Å². The number of nitrogens with zero attached hydrogens (tertiary/aromatic N) is 1. The molecular formula is C10H15NO3. The van der Waals surface area contributed by atoms with E-state index in [0.29, 0.717) is 18.7 Å². The van der Waals surface area contributed by atoms with Gasteiger partial charge in [-0.2, -0.15) is 0 Å². The summed E-state index contributed by atoms with van der Waals surface area (Å²) in [5.74, 6) is 1.77. The van der Waals surface area contributed by atoms with Gasteiger partial charge in [-0.15, -0.1) is 0 Å². The Balaban J connectivity index is 2.66. The fraction of sp³-hybridized carbons (Fsp3) is 0.700. The fourth-order valence-corrected chi connectivity index (χ4v) is 1.30. The van der Waals surface area contributed by atoms with Crippen LogP contribution in [0.4, 0.5) is 4.79 Å². The van der Waals surface area contributed by atoms with E-state index in [1.54, 1.807) is 26.7 Å². The van der Waals surface area contributed by atoms with Crippen molar-refractivity contribution in [3.05, 3.63) is 5.70 Å². The highest BCUT2D eigenvalue weighted by molar-refractivity contribution is 5.74. The van der Waals surface area contributed by atoms with Crippen molar-refractivity contribution < 1.29 is 14.3 Å². The van der Waals surface area contributed by atoms with Crippen molar-refractivity contribution in [1.82, 2.24) is 4.90 Å². The summed E-state index contributed by atoms with van der Waals surface area (Å²) < 4.78 is 5.14. The number of allylic oxidation sites excluding steroid dienone is 1. The summed E-state index contributed by atoms with van der Waals surface area (Å²) >= 11 is 0. The van der Waals surface area contributed by atoms with Crippen molar-refractivity contribution in [3.63, 3.8) is 0 Å². The number of hydrogen-bond donors (Lipinski definition) is 0. The van der Waals surface area contributed by atoms with Crippen LogP contribution in [0.2, 0.25) is 0 Å². The molecule has 0 atom stereocenters. The van der Waals surface area contributed by atoms with Gasteiger partial charge in [0.25, 0.3) is 0 Å². The highest BCUT2D eigenvalue weighted by Gasteiger charge is 2.28. The Kier molecular flexibility index (Phi) is 2.96. The number of ether oxygens (including phenoxy) is 1. The Hall–Kier alpha value is -1.28. The van der Waals surface area contributed by atoms with Crippen LogP contribution >= 0.6 is 0 Å². The van der Waals surface area contributed by atoms with Crippen LogP contribution in [0, 0.1) is 0 Å². The van der Waals surface area contributed by atoms with Gasteiger partial charge in [0.2, 0.25) is 0 Å². The molecule has 4 nitrogen and oxygen atoms in total. The van der Waals surface area contributed by atoms with Gasteiger partial charge in [-0.3, -0.25) is 4.90 Å². The molecule has 0 aliphatic carbocycles. The molecule has 4 heteroatoms. The highest BCUT2D eigenvalue weighted by atomic mass is 16.6. The van der Waals surface area contributed by atoms with Gasteiger partial charge in [0.15, 0.2) is 0 Å². The summed E-state index contributed by atoms with van der Waals surface area (Å²) in [6, 6.07) is 0. The summed E-state index contributed by atoms with van der Waals surface area (Å²) in [6.45, 7) is 5.95. The van der Waals surface area contributed by atoms with E-state index in [9.17, 15) is 9.59 Å². The lowest BCUT2D eigenvalue weighted by Crippen LogP contribution is -2.34. The van der Waals surface area contributed by atoms with E-state index in [1.165, 1.54) is 4.90 Å². The van der Waals surface area contributed by atoms with Gasteiger partial charge in [-0.25, -0.2) is 9.59 Å². The molecule has 0 aromatic rings. The normalized spacial score (nSPS) is 16.8. The molecule has 1 heterocycles. The Labute approximate surface area is 83.5 Å². The van der Waals surface area contributed by atoms with Gasteiger partial charge in [0.05, 0.1) is 0 Å². The molecular weight excluding hydrogens is 182 g/mol. The van der Waals surface area contributed by atoms with Gasteiger partial charge < -0.3 is 4.74 Å². The monoisotopic (exact) mass is 197 g/mol. The molecule has 0 spiro atoms. The molecule has 78 valence electrons. The van der Waals surface area contributed by atoms with Crippen LogP contribution in [-0.4, -0.2) is 29.1 Å². The maximum absolute atomic E-state index is 11.5. The Bertz CT molecular complexity index is 284. The minimum Gasteiger partial charge on any atom is -0.443 e. The van der Waals surface area contributed by atoms with Crippen molar-refractivity contribution >= 4 is 12.0 Å². The molecule has 1 rings (SSSR count). The zero-order valence-electron chi connectivity index (χ0n) is 8.79. The smallest absolute Gasteiger partial charge is 0.415 e. The van der Waals surface area contributed by atoms with E-state index in [0.717, 1.165) is 6.42 Å². The molecule has 0 saturated carbocycles. The number of likely N-dealkylation sites (tertiary alicyclic amines) is 1. The van der Waals surface area contributed by atoms with Gasteiger partial charge >= 0.3 is 6.09 Å². The van der Waals surface area contributed by atoms with E-state index in [1.807, 2.05) is 0 Å². The Morgan fingerprint density at radius 1 is 1.50 bits per heavy atom. The summed E-state index contributed by atoms with van der Waals surface area (Å²) in [6.07, 6.45) is 0.973. The third-order valence-electron chi connectivity index (χ3n) is 1.85. The van der Waals surface area contributed by atoms with Crippen LogP contribution in [0.25, 0.3) is 0 Å². The van der Waals surface area contributed by atoms with Crippen molar-refractivity contribution in [3.8, 4) is 0 Å². The molecule has 1 aliphatic heterocycles. The van der Waals surface area contributed by atoms with Gasteiger partial charge in [0, 0.05) is 13.0 Å². The van der Waals surface area contributed by atoms with Gasteiger partial charge in [-0.1, -0.05) is 0 Å². The van der Waals surface area contributed by atoms with Crippen LogP contribution in [0.5, 0.6) is 0 Å². The molecule has 0 aromatic carbocycles. The minimum atomic E-state index is -0.520. The second-order valence-corrected chi connectivity index (χ2v) is 4.28. The molecule has 14 heavy (non-hydrogen) atoms. The number of hydrogen-bond acceptors (Lipinski definition) is 3. The first kappa shape index (κ1) is 10.8. The van der Waals surface area contributed by atoms with Crippen molar-refractivity contribution in [2.45, 2.75) is 39.2 Å². The maximum atomic E-state index is 11.5. The van der Waals surface area contributed by atoms with E-state index in [4.69, 9.17) is 4.74 Å². The first-order chi connectivity index (χ1) is 6.44. The summed E-state index contributed by atoms with van der Waals surface area (Å²) in [5, 5.41) is 0. The lowest BCUT2D eigenvalue weighted by atomic mass is 10.2. The second-order valence-electron chi connectivity index (χ2n) is 4.28. The third kappa shape index (κ3) is 2.60. The number of carbonyl (C=O) groups is 1. The summed E-state index contributed by atoms with van der Waals surface area (Å²) in [5.41, 5.74) is -0.118. The number of amides is 1. The molecule has 1 saturated heterocycles. The van der Waals surface area contributed by atoms with Crippen molar-refractivity contribution in [2.75, 3.05) is 6.54 Å². The van der Waals surface area contributed by atoms with E-state index >= 15 is 0 Å². The zero-order chi connectivity index (χ0) is 10.8. The SMILES string of the molecule is CC(C)(C)OC(=O)N1CCCC1=C=O. The molecule has 0 bridgehead atoms. The Morgan fingerprint density at radius 3 is 2.64 bits per heavy atom. The standard InChI is InChI=1S/C10H15NO3/c1-10(2,3)14-9(13)11-6-4-5-8(11)7-12/h4-6H2,1-3H3. The predicted octanol–water partition coefficient (Wildman–Crippen LogP) is 1.73. The average molecular weight is 197 g/mol. The summed E-state index contributed by atoms with van der Waals surface area (Å²) in [7, 11) is 0. The Morgan fingerprint density at radius 2 is 2.14 bits per heavy atom. The first-order valence-corrected chi connectivity index (χ1v) is 4.68. The minimum absolute atomic E-state index is 0.402. The van der Waals surface area contributed by atoms with Crippen LogP contribution in [-0.2, 0) is 9.53 Å². The predicted molar refractivity (Wildman–Crippen MR) is 51.4 cm³/mol. The number of rotatable bonds is 0. The molecule has 0 N–H and O–H groups in total. The van der Waals surface area contributed by atoms with Gasteiger partial charge in [0.1, 0.15) is 17.2 Å². The largest absolute Gasteiger partial charge is 0.443 e. The van der Waals surface area contributed by atoms with Crippen LogP contribution in [0.3, 0.4) is 0 Å². The number of carbonyl (C=O) groups excluding carboxylic acids is 2. The quantitative estimate of drug-likeness (QED) is 0.555. The molecule has 1 amide bonds. The first-order valence-electron chi connectivity index (χ1n) is 4.68. The highest BCUT2D eigenvalue weighted by Crippen LogP contribution is 2.21. The molecule has 0 unspecified atom stereocenters. The van der Waals surface area contributed by atoms with Crippen molar-refractivity contribution in [1.29, 1.82) is 0 Å². The van der Waals surface area contributed by atoms with Crippen LogP contribution in [0.1, 0.15) is 33.6 Å². The van der Waals surface area contributed by atoms with Crippen LogP contribution < -0.4 is 0 Å². The average Bonchev–Trinajstić information content (AvgIpc) is 2.47. The topological polar surface area (TPSA) is 46.6 Å². The molecule has 0 aromatic heterocycles. The molecule has 1 aliphatic rings. The van der Waals surface area contributed by atoms with Crippen molar-refractivity contribution in [2.24, 2.45) is 0 Å². The molecule has 1 fully saturated rings. The van der Waals surface area contributed by atoms with Crippen LogP contribution in [0.15, 0.2) is 5.70 Å².